The van der Waals surface area contributed by atoms with Gasteiger partial charge in [-0.3, -0.25) is 0 Å². The molecule has 27 heavy (non-hydrogen) atoms. The summed E-state index contributed by atoms with van der Waals surface area (Å²) in [5.74, 6) is 0.725. The summed E-state index contributed by atoms with van der Waals surface area (Å²) in [6.07, 6.45) is 0. The minimum Gasteiger partial charge on any atom is -0.467 e. The molecule has 2 aromatic carbocycles. The lowest BCUT2D eigenvalue weighted by Gasteiger charge is -2.23. The van der Waals surface area contributed by atoms with E-state index in [1.807, 2.05) is 24.3 Å². The van der Waals surface area contributed by atoms with Crippen LogP contribution in [-0.2, 0) is 11.3 Å². The summed E-state index contributed by atoms with van der Waals surface area (Å²) in [7, 11) is 0. The molecule has 0 aromatic heterocycles. The fourth-order valence-corrected chi connectivity index (χ4v) is 3.45. The zero-order valence-electron chi connectivity index (χ0n) is 16.8. The summed E-state index contributed by atoms with van der Waals surface area (Å²) in [6, 6.07) is 20.7. The van der Waals surface area contributed by atoms with E-state index in [0.29, 0.717) is 6.54 Å². The summed E-state index contributed by atoms with van der Waals surface area (Å²) in [4.78, 5) is 4.76. The number of rotatable bonds is 4. The smallest absolute Gasteiger partial charge is 0.213 e. The van der Waals surface area contributed by atoms with Crippen molar-refractivity contribution < 1.29 is 4.74 Å². The van der Waals surface area contributed by atoms with Crippen LogP contribution in [0.1, 0.15) is 45.7 Å². The molecule has 0 spiro atoms. The number of nitrogens with zero attached hydrogens (tertiary/aromatic N) is 1. The standard InChI is InChI=1S/C25H27NO/c1-18(2)16-22(21-14-10-7-11-15-21)23-19(3)24(27-25(23,4)5)26-17-20-12-8-6-9-13-20/h6-15H,17H2,1-5H3. The monoisotopic (exact) mass is 357 g/mol. The van der Waals surface area contributed by atoms with Crippen molar-refractivity contribution in [2.75, 3.05) is 0 Å². The third-order valence-electron chi connectivity index (χ3n) is 4.59. The van der Waals surface area contributed by atoms with Crippen LogP contribution in [0.2, 0.25) is 0 Å². The average molecular weight is 357 g/mol. The minimum atomic E-state index is -0.451. The van der Waals surface area contributed by atoms with Crippen molar-refractivity contribution in [3.05, 3.63) is 94.2 Å². The Morgan fingerprint density at radius 1 is 0.963 bits per heavy atom. The molecule has 3 rings (SSSR count). The van der Waals surface area contributed by atoms with E-state index in [4.69, 9.17) is 9.73 Å². The molecule has 0 unspecified atom stereocenters. The number of benzene rings is 2. The van der Waals surface area contributed by atoms with Gasteiger partial charge < -0.3 is 4.74 Å². The van der Waals surface area contributed by atoms with E-state index in [2.05, 4.69) is 76.7 Å². The SMILES string of the molecule is CC(C)=C=C(C1=C(C)C(=NCc2ccccc2)OC1(C)C)c1ccccc1. The van der Waals surface area contributed by atoms with Crippen molar-refractivity contribution >= 4 is 11.5 Å². The zero-order chi connectivity index (χ0) is 19.4. The molecule has 0 bridgehead atoms. The van der Waals surface area contributed by atoms with Crippen LogP contribution in [0.3, 0.4) is 0 Å². The first-order valence-corrected chi connectivity index (χ1v) is 9.37. The fraction of sp³-hybridized carbons (Fsp3) is 0.280. The lowest BCUT2D eigenvalue weighted by atomic mass is 9.85. The van der Waals surface area contributed by atoms with E-state index >= 15 is 0 Å². The van der Waals surface area contributed by atoms with Gasteiger partial charge in [0.15, 0.2) is 0 Å². The van der Waals surface area contributed by atoms with Crippen LogP contribution in [0, 0.1) is 0 Å². The van der Waals surface area contributed by atoms with Gasteiger partial charge in [-0.2, -0.15) is 0 Å². The lowest BCUT2D eigenvalue weighted by Crippen LogP contribution is -2.24. The van der Waals surface area contributed by atoms with Crippen molar-refractivity contribution in [1.82, 2.24) is 0 Å². The van der Waals surface area contributed by atoms with E-state index in [9.17, 15) is 0 Å². The van der Waals surface area contributed by atoms with Gasteiger partial charge in [-0.1, -0.05) is 60.7 Å². The van der Waals surface area contributed by atoms with E-state index < -0.39 is 5.60 Å². The molecule has 0 aliphatic carbocycles. The second-order valence-corrected chi connectivity index (χ2v) is 7.59. The second kappa shape index (κ2) is 7.82. The van der Waals surface area contributed by atoms with Crippen LogP contribution >= 0.6 is 0 Å². The van der Waals surface area contributed by atoms with E-state index in [1.165, 1.54) is 5.56 Å². The third-order valence-corrected chi connectivity index (χ3v) is 4.59. The highest BCUT2D eigenvalue weighted by Gasteiger charge is 2.39. The molecule has 0 fully saturated rings. The van der Waals surface area contributed by atoms with Crippen molar-refractivity contribution in [1.29, 1.82) is 0 Å². The number of hydrogen-bond acceptors (Lipinski definition) is 2. The van der Waals surface area contributed by atoms with Crippen molar-refractivity contribution in [3.8, 4) is 0 Å². The topological polar surface area (TPSA) is 21.6 Å². The Labute approximate surface area is 162 Å². The van der Waals surface area contributed by atoms with Gasteiger partial charge in [-0.05, 0) is 51.3 Å². The summed E-state index contributed by atoms with van der Waals surface area (Å²) >= 11 is 0. The molecule has 0 amide bonds. The molecule has 1 aliphatic rings. The highest BCUT2D eigenvalue weighted by molar-refractivity contribution is 6.02. The molecular formula is C25H27NO. The van der Waals surface area contributed by atoms with Crippen LogP contribution in [0.4, 0.5) is 0 Å². The van der Waals surface area contributed by atoms with Gasteiger partial charge in [0.25, 0.3) is 0 Å². The van der Waals surface area contributed by atoms with Gasteiger partial charge in [0.05, 0.1) is 6.54 Å². The first-order valence-electron chi connectivity index (χ1n) is 9.37. The van der Waals surface area contributed by atoms with Crippen molar-refractivity contribution in [2.24, 2.45) is 4.99 Å². The van der Waals surface area contributed by atoms with Crippen LogP contribution < -0.4 is 0 Å². The van der Waals surface area contributed by atoms with Crippen LogP contribution in [0.5, 0.6) is 0 Å². The van der Waals surface area contributed by atoms with Crippen LogP contribution in [-0.4, -0.2) is 11.5 Å². The molecular weight excluding hydrogens is 330 g/mol. The predicted molar refractivity (Wildman–Crippen MR) is 114 cm³/mol. The zero-order valence-corrected chi connectivity index (χ0v) is 16.8. The van der Waals surface area contributed by atoms with Crippen molar-refractivity contribution in [2.45, 2.75) is 46.8 Å². The van der Waals surface area contributed by atoms with Gasteiger partial charge >= 0.3 is 0 Å². The van der Waals surface area contributed by atoms with Gasteiger partial charge in [0, 0.05) is 16.7 Å². The molecule has 2 heteroatoms. The third kappa shape index (κ3) is 4.30. The minimum absolute atomic E-state index is 0.451. The van der Waals surface area contributed by atoms with Crippen LogP contribution in [0.15, 0.2) is 88.1 Å². The molecule has 0 saturated carbocycles. The Hall–Kier alpha value is -2.83. The molecule has 0 saturated heterocycles. The maximum Gasteiger partial charge on any atom is 0.213 e. The first kappa shape index (κ1) is 18.9. The van der Waals surface area contributed by atoms with E-state index in [0.717, 1.165) is 33.8 Å². The summed E-state index contributed by atoms with van der Waals surface area (Å²) < 4.78 is 6.29. The molecule has 2 aromatic rings. The quantitative estimate of drug-likeness (QED) is 0.583. The van der Waals surface area contributed by atoms with Gasteiger partial charge in [-0.15, -0.1) is 5.73 Å². The molecule has 0 radical (unpaired) electrons. The molecule has 2 nitrogen and oxygen atoms in total. The van der Waals surface area contributed by atoms with E-state index in [1.54, 1.807) is 0 Å². The number of ether oxygens (including phenoxy) is 1. The maximum atomic E-state index is 6.29. The molecule has 1 aliphatic heterocycles. The largest absolute Gasteiger partial charge is 0.467 e. The molecule has 0 N–H and O–H groups in total. The maximum absolute atomic E-state index is 6.29. The Morgan fingerprint density at radius 3 is 2.15 bits per heavy atom. The number of aliphatic imine (C=N–C) groups is 1. The second-order valence-electron chi connectivity index (χ2n) is 7.59. The highest BCUT2D eigenvalue weighted by atomic mass is 16.5. The fourth-order valence-electron chi connectivity index (χ4n) is 3.45. The molecule has 1 heterocycles. The molecule has 138 valence electrons. The first-order chi connectivity index (χ1) is 12.9. The Balaban J connectivity index is 2.08. The number of hydrogen-bond donors (Lipinski definition) is 0. The Kier molecular flexibility index (Phi) is 5.48. The highest BCUT2D eigenvalue weighted by Crippen LogP contribution is 2.41. The van der Waals surface area contributed by atoms with Gasteiger partial charge in [-0.25, -0.2) is 4.99 Å². The van der Waals surface area contributed by atoms with Gasteiger partial charge in [0.2, 0.25) is 5.90 Å². The normalized spacial score (nSPS) is 16.9. The summed E-state index contributed by atoms with van der Waals surface area (Å²) in [5, 5.41) is 0. The van der Waals surface area contributed by atoms with E-state index in [-0.39, 0.29) is 0 Å². The summed E-state index contributed by atoms with van der Waals surface area (Å²) in [5.41, 5.74) is 9.90. The Morgan fingerprint density at radius 2 is 1.56 bits per heavy atom. The van der Waals surface area contributed by atoms with Gasteiger partial charge in [0.1, 0.15) is 5.60 Å². The predicted octanol–water partition coefficient (Wildman–Crippen LogP) is 6.36. The molecule has 0 atom stereocenters. The summed E-state index contributed by atoms with van der Waals surface area (Å²) in [6.45, 7) is 11.1. The average Bonchev–Trinajstić information content (AvgIpc) is 2.88. The van der Waals surface area contributed by atoms with Crippen LogP contribution in [0.25, 0.3) is 5.57 Å². The van der Waals surface area contributed by atoms with Crippen molar-refractivity contribution in [3.63, 3.8) is 0 Å². The lowest BCUT2D eigenvalue weighted by molar-refractivity contribution is 0.154. The Bertz CT molecular complexity index is 936.